The van der Waals surface area contributed by atoms with Crippen LogP contribution >= 0.6 is 11.6 Å². The number of morpholine rings is 1. The highest BCUT2D eigenvalue weighted by Gasteiger charge is 2.11. The summed E-state index contributed by atoms with van der Waals surface area (Å²) in [4.78, 5) is 6.40. The van der Waals surface area contributed by atoms with E-state index in [1.807, 2.05) is 29.2 Å². The molecule has 92 valence electrons. The summed E-state index contributed by atoms with van der Waals surface area (Å²) in [6.07, 6.45) is 0. The fourth-order valence-electron chi connectivity index (χ4n) is 1.70. The normalized spacial score (nSPS) is 17.2. The van der Waals surface area contributed by atoms with Crippen molar-refractivity contribution in [3.63, 3.8) is 0 Å². The van der Waals surface area contributed by atoms with Gasteiger partial charge in [-0.1, -0.05) is 23.7 Å². The first kappa shape index (κ1) is 12.2. The lowest BCUT2D eigenvalue weighted by atomic mass is 10.2. The topological polar surface area (TPSA) is 50.8 Å². The zero-order valence-electron chi connectivity index (χ0n) is 9.60. The second-order valence-electron chi connectivity index (χ2n) is 3.90. The van der Waals surface area contributed by atoms with Gasteiger partial charge in [0.1, 0.15) is 0 Å². The maximum Gasteiger partial charge on any atom is 0.191 e. The lowest BCUT2D eigenvalue weighted by Gasteiger charge is -2.27. The van der Waals surface area contributed by atoms with Crippen molar-refractivity contribution in [2.45, 2.75) is 6.54 Å². The summed E-state index contributed by atoms with van der Waals surface area (Å²) >= 11 is 5.90. The second kappa shape index (κ2) is 5.89. The van der Waals surface area contributed by atoms with Crippen LogP contribution in [0.15, 0.2) is 29.3 Å². The molecule has 1 heterocycles. The van der Waals surface area contributed by atoms with E-state index in [1.165, 1.54) is 0 Å². The molecule has 1 aromatic carbocycles. The Morgan fingerprint density at radius 2 is 2.18 bits per heavy atom. The summed E-state index contributed by atoms with van der Waals surface area (Å²) in [7, 11) is 0. The molecule has 0 saturated carbocycles. The molecule has 2 rings (SSSR count). The molecule has 0 spiro atoms. The van der Waals surface area contributed by atoms with E-state index < -0.39 is 0 Å². The van der Waals surface area contributed by atoms with E-state index in [4.69, 9.17) is 22.1 Å². The van der Waals surface area contributed by atoms with Gasteiger partial charge in [-0.3, -0.25) is 0 Å². The molecule has 1 fully saturated rings. The molecule has 1 aliphatic rings. The van der Waals surface area contributed by atoms with Crippen LogP contribution in [0.4, 0.5) is 0 Å². The summed E-state index contributed by atoms with van der Waals surface area (Å²) in [5.74, 6) is 0.577. The molecule has 0 unspecified atom stereocenters. The van der Waals surface area contributed by atoms with E-state index in [2.05, 4.69) is 4.99 Å². The van der Waals surface area contributed by atoms with Gasteiger partial charge >= 0.3 is 0 Å². The van der Waals surface area contributed by atoms with E-state index in [9.17, 15) is 0 Å². The lowest BCUT2D eigenvalue weighted by molar-refractivity contribution is 0.0674. The summed E-state index contributed by atoms with van der Waals surface area (Å²) in [6, 6.07) is 7.65. The highest BCUT2D eigenvalue weighted by Crippen LogP contribution is 2.11. The largest absolute Gasteiger partial charge is 0.378 e. The van der Waals surface area contributed by atoms with Crippen molar-refractivity contribution in [1.82, 2.24) is 4.90 Å². The summed E-state index contributed by atoms with van der Waals surface area (Å²) < 4.78 is 5.26. The van der Waals surface area contributed by atoms with Crippen LogP contribution in [0, 0.1) is 0 Å². The van der Waals surface area contributed by atoms with Gasteiger partial charge in [-0.25, -0.2) is 4.99 Å². The van der Waals surface area contributed by atoms with Crippen LogP contribution < -0.4 is 5.73 Å². The van der Waals surface area contributed by atoms with Gasteiger partial charge in [0.2, 0.25) is 0 Å². The van der Waals surface area contributed by atoms with E-state index in [1.54, 1.807) is 0 Å². The van der Waals surface area contributed by atoms with Crippen LogP contribution in [0.25, 0.3) is 0 Å². The standard InChI is InChI=1S/C12H16ClN3O/c13-11-3-1-2-10(8-11)9-15-12(14)16-4-6-17-7-5-16/h1-3,8H,4-7,9H2,(H2,14,15). The average molecular weight is 254 g/mol. The number of nitrogens with two attached hydrogens (primary N) is 1. The Hall–Kier alpha value is -1.26. The lowest BCUT2D eigenvalue weighted by Crippen LogP contribution is -2.44. The summed E-state index contributed by atoms with van der Waals surface area (Å²) in [5.41, 5.74) is 6.99. The third-order valence-electron chi connectivity index (χ3n) is 2.65. The fourth-order valence-corrected chi connectivity index (χ4v) is 1.91. The monoisotopic (exact) mass is 253 g/mol. The Labute approximate surface area is 106 Å². The van der Waals surface area contributed by atoms with E-state index in [0.717, 1.165) is 23.7 Å². The Morgan fingerprint density at radius 3 is 2.88 bits per heavy atom. The van der Waals surface area contributed by atoms with Gasteiger partial charge in [0.05, 0.1) is 19.8 Å². The molecule has 5 heteroatoms. The van der Waals surface area contributed by atoms with Gasteiger partial charge in [0.25, 0.3) is 0 Å². The van der Waals surface area contributed by atoms with E-state index >= 15 is 0 Å². The van der Waals surface area contributed by atoms with Gasteiger partial charge in [-0.2, -0.15) is 0 Å². The quantitative estimate of drug-likeness (QED) is 0.642. The van der Waals surface area contributed by atoms with Crippen LogP contribution in [-0.2, 0) is 11.3 Å². The predicted molar refractivity (Wildman–Crippen MR) is 69.2 cm³/mol. The third-order valence-corrected chi connectivity index (χ3v) is 2.88. The zero-order chi connectivity index (χ0) is 12.1. The van der Waals surface area contributed by atoms with Crippen molar-refractivity contribution in [1.29, 1.82) is 0 Å². The zero-order valence-corrected chi connectivity index (χ0v) is 10.4. The van der Waals surface area contributed by atoms with Gasteiger partial charge in [0.15, 0.2) is 5.96 Å². The molecule has 0 aromatic heterocycles. The number of ether oxygens (including phenoxy) is 1. The van der Waals surface area contributed by atoms with Gasteiger partial charge < -0.3 is 15.4 Å². The van der Waals surface area contributed by atoms with Crippen molar-refractivity contribution < 1.29 is 4.74 Å². The minimum atomic E-state index is 0.559. The van der Waals surface area contributed by atoms with E-state index in [0.29, 0.717) is 25.7 Å². The molecular formula is C12H16ClN3O. The van der Waals surface area contributed by atoms with Gasteiger partial charge in [-0.15, -0.1) is 0 Å². The minimum absolute atomic E-state index is 0.559. The number of hydrogen-bond donors (Lipinski definition) is 1. The average Bonchev–Trinajstić information content (AvgIpc) is 2.37. The minimum Gasteiger partial charge on any atom is -0.378 e. The fraction of sp³-hybridized carbons (Fsp3) is 0.417. The molecule has 1 aromatic rings. The maximum atomic E-state index is 5.92. The van der Waals surface area contributed by atoms with Crippen LogP contribution in [0.1, 0.15) is 5.56 Å². The van der Waals surface area contributed by atoms with Crippen LogP contribution in [0.5, 0.6) is 0 Å². The number of benzene rings is 1. The molecule has 17 heavy (non-hydrogen) atoms. The third kappa shape index (κ3) is 3.61. The number of aliphatic imine (C=N–C) groups is 1. The maximum absolute atomic E-state index is 5.92. The van der Waals surface area contributed by atoms with Crippen molar-refractivity contribution in [2.24, 2.45) is 10.7 Å². The Balaban J connectivity index is 1.95. The SMILES string of the molecule is NC(=NCc1cccc(Cl)c1)N1CCOCC1. The molecule has 4 nitrogen and oxygen atoms in total. The first-order chi connectivity index (χ1) is 8.25. The Bertz CT molecular complexity index is 402. The van der Waals surface area contributed by atoms with Crippen molar-refractivity contribution in [3.05, 3.63) is 34.9 Å². The highest BCUT2D eigenvalue weighted by atomic mass is 35.5. The van der Waals surface area contributed by atoms with Crippen molar-refractivity contribution >= 4 is 17.6 Å². The number of nitrogens with zero attached hydrogens (tertiary/aromatic N) is 2. The summed E-state index contributed by atoms with van der Waals surface area (Å²) in [6.45, 7) is 3.61. The van der Waals surface area contributed by atoms with Crippen molar-refractivity contribution in [3.8, 4) is 0 Å². The molecule has 1 aliphatic heterocycles. The molecule has 1 saturated heterocycles. The predicted octanol–water partition coefficient (Wildman–Crippen LogP) is 1.49. The first-order valence-corrected chi connectivity index (χ1v) is 6.00. The smallest absolute Gasteiger partial charge is 0.191 e. The van der Waals surface area contributed by atoms with Crippen molar-refractivity contribution in [2.75, 3.05) is 26.3 Å². The van der Waals surface area contributed by atoms with Crippen LogP contribution in [0.3, 0.4) is 0 Å². The molecule has 0 radical (unpaired) electrons. The van der Waals surface area contributed by atoms with Gasteiger partial charge in [0, 0.05) is 18.1 Å². The van der Waals surface area contributed by atoms with Gasteiger partial charge in [-0.05, 0) is 17.7 Å². The highest BCUT2D eigenvalue weighted by molar-refractivity contribution is 6.30. The number of guanidine groups is 1. The molecule has 2 N–H and O–H groups in total. The molecule has 0 amide bonds. The first-order valence-electron chi connectivity index (χ1n) is 5.63. The molecular weight excluding hydrogens is 238 g/mol. The molecule has 0 bridgehead atoms. The van der Waals surface area contributed by atoms with Crippen LogP contribution in [0.2, 0.25) is 5.02 Å². The number of rotatable bonds is 2. The Kier molecular flexibility index (Phi) is 4.23. The second-order valence-corrected chi connectivity index (χ2v) is 4.34. The van der Waals surface area contributed by atoms with E-state index in [-0.39, 0.29) is 0 Å². The van der Waals surface area contributed by atoms with Crippen LogP contribution in [-0.4, -0.2) is 37.2 Å². The Morgan fingerprint density at radius 1 is 1.41 bits per heavy atom. The number of hydrogen-bond acceptors (Lipinski definition) is 2. The summed E-state index contributed by atoms with van der Waals surface area (Å²) in [5, 5.41) is 0.725. The molecule has 0 atom stereocenters. The molecule has 0 aliphatic carbocycles. The number of halogens is 1.